The maximum Gasteiger partial charge on any atom is 0.160 e. The van der Waals surface area contributed by atoms with Crippen molar-refractivity contribution in [3.8, 4) is 113 Å². The van der Waals surface area contributed by atoms with Gasteiger partial charge in [-0.15, -0.1) is 0 Å². The second-order valence-electron chi connectivity index (χ2n) is 30.8. The number of nitrogens with zero attached hydrogens (tertiary/aromatic N) is 8. The van der Waals surface area contributed by atoms with Crippen molar-refractivity contribution in [2.45, 2.75) is 0 Å². The minimum Gasteiger partial charge on any atom is -0.309 e. The Balaban J connectivity index is 0.000000140. The van der Waals surface area contributed by atoms with Gasteiger partial charge in [0.25, 0.3) is 0 Å². The first kappa shape index (κ1) is 69.4. The molecule has 0 atom stereocenters. The molecule has 24 aromatic rings. The van der Waals surface area contributed by atoms with E-state index in [9.17, 15) is 0 Å². The third-order valence-electron chi connectivity index (χ3n) is 23.9. The molecule has 0 aliphatic heterocycles. The Morgan fingerprint density at radius 2 is 0.417 bits per heavy atom. The quantitative estimate of drug-likeness (QED) is 0.122. The van der Waals surface area contributed by atoms with Gasteiger partial charge in [0, 0.05) is 98.9 Å². The molecule has 0 saturated heterocycles. The Hall–Kier alpha value is -16.2. The lowest BCUT2D eigenvalue weighted by molar-refractivity contribution is 1.17. The summed E-state index contributed by atoms with van der Waals surface area (Å²) in [5.74, 6) is 1.42. The van der Waals surface area contributed by atoms with Crippen LogP contribution in [-0.2, 0) is 0 Å². The van der Waals surface area contributed by atoms with Crippen LogP contribution in [0.1, 0.15) is 0 Å². The van der Waals surface area contributed by atoms with E-state index >= 15 is 0 Å². The van der Waals surface area contributed by atoms with Gasteiger partial charge in [0.15, 0.2) is 11.6 Å². The van der Waals surface area contributed by atoms with Crippen LogP contribution in [0.15, 0.2) is 437 Å². The Bertz CT molecular complexity index is 8000. The molecule has 6 heterocycles. The monoisotopic (exact) mass is 1530 g/mol. The minimum absolute atomic E-state index is 0.712. The summed E-state index contributed by atoms with van der Waals surface area (Å²) in [6, 6.07) is 156. The first-order valence-electron chi connectivity index (χ1n) is 40.8. The summed E-state index contributed by atoms with van der Waals surface area (Å²) in [7, 11) is 0. The van der Waals surface area contributed by atoms with Crippen LogP contribution in [0.25, 0.3) is 222 Å². The zero-order valence-electron chi connectivity index (χ0n) is 65.1. The van der Waals surface area contributed by atoms with Gasteiger partial charge in [-0.25, -0.2) is 19.9 Å². The molecule has 6 aromatic heterocycles. The predicted molar refractivity (Wildman–Crippen MR) is 500 cm³/mol. The first-order valence-corrected chi connectivity index (χ1v) is 40.8. The van der Waals surface area contributed by atoms with E-state index in [-0.39, 0.29) is 0 Å². The molecule has 0 aliphatic carbocycles. The zero-order valence-corrected chi connectivity index (χ0v) is 65.1. The molecule has 0 N–H and O–H groups in total. The average Bonchev–Trinajstić information content (AvgIpc) is 1.59. The lowest BCUT2D eigenvalue weighted by atomic mass is 10.0. The number of hydrogen-bond donors (Lipinski definition) is 0. The van der Waals surface area contributed by atoms with Gasteiger partial charge in [-0.1, -0.05) is 309 Å². The van der Waals surface area contributed by atoms with Crippen LogP contribution in [0.2, 0.25) is 0 Å². The molecule has 0 fully saturated rings. The molecule has 0 aliphatic rings. The molecule has 18 aromatic carbocycles. The largest absolute Gasteiger partial charge is 0.309 e. The molecule has 24 rings (SSSR count). The second kappa shape index (κ2) is 29.0. The summed E-state index contributed by atoms with van der Waals surface area (Å²) in [6.45, 7) is 0. The number of benzene rings is 18. The van der Waals surface area contributed by atoms with Gasteiger partial charge in [0.2, 0.25) is 0 Å². The van der Waals surface area contributed by atoms with Crippen LogP contribution in [0.4, 0.5) is 0 Å². The highest BCUT2D eigenvalue weighted by molar-refractivity contribution is 6.16. The van der Waals surface area contributed by atoms with Crippen LogP contribution >= 0.6 is 0 Å². The van der Waals surface area contributed by atoms with E-state index in [2.05, 4.69) is 394 Å². The molecule has 0 spiro atoms. The summed E-state index contributed by atoms with van der Waals surface area (Å²) >= 11 is 0. The van der Waals surface area contributed by atoms with E-state index in [1.807, 2.05) is 60.7 Å². The van der Waals surface area contributed by atoms with Crippen LogP contribution in [0, 0.1) is 0 Å². The van der Waals surface area contributed by atoms with Crippen molar-refractivity contribution in [3.63, 3.8) is 0 Å². The van der Waals surface area contributed by atoms with E-state index < -0.39 is 0 Å². The highest BCUT2D eigenvalue weighted by Gasteiger charge is 2.22. The highest BCUT2D eigenvalue weighted by atomic mass is 15.0. The number of para-hydroxylation sites is 4. The van der Waals surface area contributed by atoms with Gasteiger partial charge in [0.05, 0.1) is 72.6 Å². The molecule has 560 valence electrons. The minimum atomic E-state index is 0.712. The summed E-state index contributed by atoms with van der Waals surface area (Å²) in [5.41, 5.74) is 28.6. The maximum atomic E-state index is 5.08. The van der Waals surface area contributed by atoms with Crippen molar-refractivity contribution < 1.29 is 0 Å². The Morgan fingerprint density at radius 1 is 0.142 bits per heavy atom. The number of hydrogen-bond acceptors (Lipinski definition) is 4. The van der Waals surface area contributed by atoms with E-state index in [4.69, 9.17) is 19.9 Å². The summed E-state index contributed by atoms with van der Waals surface area (Å²) < 4.78 is 9.58. The van der Waals surface area contributed by atoms with Crippen molar-refractivity contribution in [2.24, 2.45) is 0 Å². The second-order valence-corrected chi connectivity index (χ2v) is 30.8. The molecule has 8 heteroatoms. The molecular formula is C112H72N8. The van der Waals surface area contributed by atoms with Crippen molar-refractivity contribution in [3.05, 3.63) is 437 Å². The Labute approximate surface area is 692 Å². The van der Waals surface area contributed by atoms with Crippen molar-refractivity contribution in [2.75, 3.05) is 0 Å². The molecule has 0 bridgehead atoms. The van der Waals surface area contributed by atoms with Gasteiger partial charge < -0.3 is 18.3 Å². The SMILES string of the molecule is c1ccc(-c2cc(-c3ccc(-n4c5ccccc5c5cc(-c6ccc7c(c6)c6ccccc6n7-c6ccc7ccccc7c6)ccc54)cc3)nc(-c3ccccc3)n2)cc1.c1ccc(-c2cc(-c3ccc(-n4c5ccccc5c5cc(-c6ccc7c(c6)c6ccccc6n7-c6cccc7ccccc67)ccc54)cc3)nc(-c3ccccc3)n2)cc1. The normalized spacial score (nSPS) is 11.7. The zero-order chi connectivity index (χ0) is 79.1. The molecule has 0 unspecified atom stereocenters. The number of fused-ring (bicyclic) bond motifs is 14. The lowest BCUT2D eigenvalue weighted by Gasteiger charge is -2.12. The number of rotatable bonds is 12. The smallest absolute Gasteiger partial charge is 0.160 e. The maximum absolute atomic E-state index is 5.08. The fourth-order valence-corrected chi connectivity index (χ4v) is 18.1. The van der Waals surface area contributed by atoms with E-state index in [1.165, 1.54) is 142 Å². The van der Waals surface area contributed by atoms with E-state index in [0.29, 0.717) is 11.6 Å². The van der Waals surface area contributed by atoms with Crippen LogP contribution in [0.3, 0.4) is 0 Å². The third-order valence-corrected chi connectivity index (χ3v) is 23.9. The highest BCUT2D eigenvalue weighted by Crippen LogP contribution is 2.44. The molecular weight excluding hydrogens is 1460 g/mol. The summed E-state index contributed by atoms with van der Waals surface area (Å²) in [4.78, 5) is 20.1. The third kappa shape index (κ3) is 12.1. The topological polar surface area (TPSA) is 71.3 Å². The predicted octanol–water partition coefficient (Wildman–Crippen LogP) is 29.0. The van der Waals surface area contributed by atoms with Crippen LogP contribution in [0.5, 0.6) is 0 Å². The lowest BCUT2D eigenvalue weighted by Crippen LogP contribution is -1.97. The Morgan fingerprint density at radius 3 is 0.817 bits per heavy atom. The molecule has 0 radical (unpaired) electrons. The van der Waals surface area contributed by atoms with Crippen LogP contribution in [-0.4, -0.2) is 38.2 Å². The Kier molecular flexibility index (Phi) is 16.7. The average molecular weight is 1530 g/mol. The fourth-order valence-electron chi connectivity index (χ4n) is 18.1. The molecule has 8 nitrogen and oxygen atoms in total. The molecule has 0 amide bonds. The molecule has 0 saturated carbocycles. The van der Waals surface area contributed by atoms with Crippen molar-refractivity contribution >= 4 is 109 Å². The van der Waals surface area contributed by atoms with Gasteiger partial charge >= 0.3 is 0 Å². The standard InChI is InChI=1S/2C56H36N4/c1-3-15-38(16-4-1)49-36-50(58-56(57-49)40-17-5-2-6-18-40)39-26-30-43(31-27-39)59-52-23-11-9-21-45(52)47-34-41(28-32-54(47)59)42-29-33-55-48(35-42)46-22-10-12-24-53(46)60(55)51-25-13-19-37-14-7-8-20-44(37)51;1-3-14-38(15-4-1)50-36-51(58-56(57-50)40-16-5-2-6-17-40)39-24-28-44(29-25-39)59-52-21-11-9-19-46(52)48-34-42(26-31-54(48)59)43-27-32-55-49(35-43)47-20-10-12-22-53(47)60(55)45-30-23-37-13-7-8-18-41(37)33-45/h2*1-36H. The van der Waals surface area contributed by atoms with Crippen LogP contribution < -0.4 is 0 Å². The van der Waals surface area contributed by atoms with Gasteiger partial charge in [-0.05, 0) is 166 Å². The van der Waals surface area contributed by atoms with E-state index in [1.54, 1.807) is 0 Å². The summed E-state index contributed by atoms with van der Waals surface area (Å²) in [6.07, 6.45) is 0. The van der Waals surface area contributed by atoms with Crippen molar-refractivity contribution in [1.29, 1.82) is 0 Å². The fraction of sp³-hybridized carbons (Fsp3) is 0. The van der Waals surface area contributed by atoms with Gasteiger partial charge in [-0.3, -0.25) is 0 Å². The van der Waals surface area contributed by atoms with E-state index in [0.717, 1.165) is 67.5 Å². The molecule has 120 heavy (non-hydrogen) atoms. The first-order chi connectivity index (χ1) is 59.5. The number of aromatic nitrogens is 8. The van der Waals surface area contributed by atoms with Gasteiger partial charge in [0.1, 0.15) is 0 Å². The van der Waals surface area contributed by atoms with Crippen molar-refractivity contribution in [1.82, 2.24) is 38.2 Å². The van der Waals surface area contributed by atoms with Gasteiger partial charge in [-0.2, -0.15) is 0 Å². The summed E-state index contributed by atoms with van der Waals surface area (Å²) in [5, 5.41) is 14.8.